The summed E-state index contributed by atoms with van der Waals surface area (Å²) in [5.41, 5.74) is 4.76. The number of nitrogens with one attached hydrogen (secondary N) is 1. The van der Waals surface area contributed by atoms with Crippen LogP contribution >= 0.6 is 0 Å². The number of fused-ring (bicyclic) bond motifs is 4. The van der Waals surface area contributed by atoms with E-state index >= 15 is 0 Å². The van der Waals surface area contributed by atoms with Gasteiger partial charge in [0.2, 0.25) is 0 Å². The number of hydrogen-bond acceptors (Lipinski definition) is 4. The van der Waals surface area contributed by atoms with Crippen LogP contribution in [0.15, 0.2) is 39.8 Å². The second-order valence-electron chi connectivity index (χ2n) is 5.05. The summed E-state index contributed by atoms with van der Waals surface area (Å²) in [6, 6.07) is 8.39. The van der Waals surface area contributed by atoms with Crippen molar-refractivity contribution in [3.63, 3.8) is 0 Å². The molecule has 0 bridgehead atoms. The van der Waals surface area contributed by atoms with E-state index in [0.717, 1.165) is 44.0 Å². The van der Waals surface area contributed by atoms with Crippen LogP contribution in [0.3, 0.4) is 0 Å². The minimum Gasteiger partial charge on any atom is -0.384 e. The highest BCUT2D eigenvalue weighted by molar-refractivity contribution is 6.13. The third kappa shape index (κ3) is 1.67. The Hall–Kier alpha value is -2.10. The van der Waals surface area contributed by atoms with E-state index < -0.39 is 0 Å². The fourth-order valence-corrected chi connectivity index (χ4v) is 2.94. The first-order chi connectivity index (χ1) is 9.43. The van der Waals surface area contributed by atoms with Gasteiger partial charge in [-0.25, -0.2) is 4.99 Å². The van der Waals surface area contributed by atoms with Crippen LogP contribution in [-0.2, 0) is 0 Å². The highest BCUT2D eigenvalue weighted by Crippen LogP contribution is 2.34. The van der Waals surface area contributed by atoms with Gasteiger partial charge in [0.25, 0.3) is 0 Å². The summed E-state index contributed by atoms with van der Waals surface area (Å²) in [5, 5.41) is 3.49. The Morgan fingerprint density at radius 1 is 1.21 bits per heavy atom. The molecule has 19 heavy (non-hydrogen) atoms. The molecule has 0 atom stereocenters. The average molecular weight is 252 g/mol. The van der Waals surface area contributed by atoms with Crippen LogP contribution in [0.2, 0.25) is 0 Å². The van der Waals surface area contributed by atoms with Crippen LogP contribution in [0.5, 0.6) is 0 Å². The summed E-state index contributed by atoms with van der Waals surface area (Å²) in [6.45, 7) is 2.91. The Labute approximate surface area is 112 Å². The number of rotatable bonds is 0. The molecule has 0 aromatic heterocycles. The van der Waals surface area contributed by atoms with Gasteiger partial charge in [-0.05, 0) is 18.9 Å². The second kappa shape index (κ2) is 4.23. The van der Waals surface area contributed by atoms with Crippen LogP contribution in [0.25, 0.3) is 5.70 Å². The van der Waals surface area contributed by atoms with E-state index in [1.54, 1.807) is 0 Å². The maximum absolute atomic E-state index is 4.72. The van der Waals surface area contributed by atoms with Crippen molar-refractivity contribution in [3.05, 3.63) is 35.4 Å². The van der Waals surface area contributed by atoms with Gasteiger partial charge in [-0.3, -0.25) is 4.99 Å². The smallest absolute Gasteiger partial charge is 0.134 e. The standard InChI is InChI=1S/C15H16N4/c1-2-5-13-11(4-1)14-12(6-8-16-13)15-17-7-3-9-19(15)10-18-14/h1-2,4-5,10,16H,3,6-9H2. The third-order valence-electron chi connectivity index (χ3n) is 3.85. The number of hydrogen-bond donors (Lipinski definition) is 1. The minimum atomic E-state index is 0.936. The molecule has 4 nitrogen and oxygen atoms in total. The van der Waals surface area contributed by atoms with Crippen LogP contribution in [0.1, 0.15) is 18.4 Å². The lowest BCUT2D eigenvalue weighted by Gasteiger charge is -2.30. The summed E-state index contributed by atoms with van der Waals surface area (Å²) in [5.74, 6) is 1.13. The number of anilines is 1. The van der Waals surface area contributed by atoms with Gasteiger partial charge in [0, 0.05) is 36.5 Å². The van der Waals surface area contributed by atoms with Crippen molar-refractivity contribution >= 4 is 23.6 Å². The molecule has 4 heteroatoms. The van der Waals surface area contributed by atoms with Crippen molar-refractivity contribution in [1.29, 1.82) is 0 Å². The van der Waals surface area contributed by atoms with Crippen LogP contribution in [-0.4, -0.2) is 36.7 Å². The van der Waals surface area contributed by atoms with Crippen LogP contribution < -0.4 is 5.32 Å². The fraction of sp³-hybridized carbons (Fsp3) is 0.333. The molecule has 3 aliphatic rings. The predicted octanol–water partition coefficient (Wildman–Crippen LogP) is 2.36. The maximum atomic E-state index is 4.72. The van der Waals surface area contributed by atoms with Crippen molar-refractivity contribution in [2.24, 2.45) is 9.98 Å². The molecule has 0 spiro atoms. The lowest BCUT2D eigenvalue weighted by molar-refractivity contribution is 0.555. The Bertz CT molecular complexity index is 612. The number of amidine groups is 1. The lowest BCUT2D eigenvalue weighted by Crippen LogP contribution is -2.38. The van der Waals surface area contributed by atoms with Gasteiger partial charge < -0.3 is 10.2 Å². The number of benzene rings is 1. The van der Waals surface area contributed by atoms with Gasteiger partial charge in [0.15, 0.2) is 0 Å². The highest BCUT2D eigenvalue weighted by atomic mass is 15.2. The maximum Gasteiger partial charge on any atom is 0.134 e. The summed E-state index contributed by atoms with van der Waals surface area (Å²) in [7, 11) is 0. The van der Waals surface area contributed by atoms with Gasteiger partial charge >= 0.3 is 0 Å². The summed E-state index contributed by atoms with van der Waals surface area (Å²) >= 11 is 0. The normalized spacial score (nSPS) is 20.8. The van der Waals surface area contributed by atoms with Gasteiger partial charge in [-0.2, -0.15) is 0 Å². The molecule has 96 valence electrons. The van der Waals surface area contributed by atoms with Gasteiger partial charge in [-0.15, -0.1) is 0 Å². The van der Waals surface area contributed by atoms with Crippen molar-refractivity contribution in [3.8, 4) is 0 Å². The van der Waals surface area contributed by atoms with Crippen molar-refractivity contribution < 1.29 is 0 Å². The Balaban J connectivity index is 1.90. The van der Waals surface area contributed by atoms with Gasteiger partial charge in [-0.1, -0.05) is 18.2 Å². The molecule has 1 aromatic carbocycles. The van der Waals surface area contributed by atoms with E-state index in [9.17, 15) is 0 Å². The molecule has 1 N–H and O–H groups in total. The highest BCUT2D eigenvalue weighted by Gasteiger charge is 2.27. The first-order valence-electron chi connectivity index (χ1n) is 6.85. The van der Waals surface area contributed by atoms with E-state index in [1.807, 2.05) is 6.34 Å². The summed E-state index contributed by atoms with van der Waals surface area (Å²) in [4.78, 5) is 11.6. The molecule has 3 heterocycles. The quantitative estimate of drug-likeness (QED) is 0.770. The SMILES string of the molecule is C1=NC2=C(CCNc3ccccc32)C2=NCCCN12. The van der Waals surface area contributed by atoms with E-state index in [1.165, 1.54) is 16.8 Å². The summed E-state index contributed by atoms with van der Waals surface area (Å²) in [6.07, 6.45) is 4.04. The molecule has 0 aliphatic carbocycles. The first kappa shape index (κ1) is 10.8. The van der Waals surface area contributed by atoms with Crippen LogP contribution in [0.4, 0.5) is 5.69 Å². The monoisotopic (exact) mass is 252 g/mol. The molecule has 0 radical (unpaired) electrons. The zero-order valence-corrected chi connectivity index (χ0v) is 10.8. The average Bonchev–Trinajstić information content (AvgIpc) is 2.66. The van der Waals surface area contributed by atoms with E-state index in [0.29, 0.717) is 0 Å². The molecule has 0 unspecified atom stereocenters. The molecule has 0 amide bonds. The van der Waals surface area contributed by atoms with E-state index in [-0.39, 0.29) is 0 Å². The lowest BCUT2D eigenvalue weighted by atomic mass is 10.0. The largest absolute Gasteiger partial charge is 0.384 e. The molecule has 0 saturated carbocycles. The van der Waals surface area contributed by atoms with E-state index in [2.05, 4.69) is 34.5 Å². The van der Waals surface area contributed by atoms with Crippen molar-refractivity contribution in [1.82, 2.24) is 4.90 Å². The molecule has 1 aromatic rings. The zero-order valence-electron chi connectivity index (χ0n) is 10.8. The first-order valence-corrected chi connectivity index (χ1v) is 6.85. The number of aliphatic imine (C=N–C) groups is 2. The Morgan fingerprint density at radius 3 is 3.16 bits per heavy atom. The molecule has 3 aliphatic heterocycles. The molecule has 0 saturated heterocycles. The molecular formula is C15H16N4. The number of para-hydroxylation sites is 1. The second-order valence-corrected chi connectivity index (χ2v) is 5.05. The zero-order chi connectivity index (χ0) is 12.7. The van der Waals surface area contributed by atoms with Crippen molar-refractivity contribution in [2.45, 2.75) is 12.8 Å². The predicted molar refractivity (Wildman–Crippen MR) is 78.6 cm³/mol. The van der Waals surface area contributed by atoms with Crippen molar-refractivity contribution in [2.75, 3.05) is 25.0 Å². The van der Waals surface area contributed by atoms with Gasteiger partial charge in [0.1, 0.15) is 5.84 Å². The molecule has 0 fully saturated rings. The molecular weight excluding hydrogens is 236 g/mol. The molecule has 4 rings (SSSR count). The topological polar surface area (TPSA) is 40.0 Å². The Morgan fingerprint density at radius 2 is 2.16 bits per heavy atom. The minimum absolute atomic E-state index is 0.936. The Kier molecular flexibility index (Phi) is 2.40. The summed E-state index contributed by atoms with van der Waals surface area (Å²) < 4.78 is 0. The van der Waals surface area contributed by atoms with Gasteiger partial charge in [0.05, 0.1) is 12.0 Å². The van der Waals surface area contributed by atoms with E-state index in [4.69, 9.17) is 9.98 Å². The fourth-order valence-electron chi connectivity index (χ4n) is 2.94. The number of nitrogens with zero attached hydrogens (tertiary/aromatic N) is 3. The third-order valence-corrected chi connectivity index (χ3v) is 3.85. The van der Waals surface area contributed by atoms with Crippen LogP contribution in [0, 0.1) is 0 Å².